The first-order valence-corrected chi connectivity index (χ1v) is 8.48. The van der Waals surface area contributed by atoms with Gasteiger partial charge >= 0.3 is 5.97 Å². The Morgan fingerprint density at radius 1 is 1.21 bits per heavy atom. The van der Waals surface area contributed by atoms with Gasteiger partial charge in [0.15, 0.2) is 0 Å². The standard InChI is InChI=1S/C17H17Cl2N3O2/c1-11(23)24-14-4-6-22(7-5-14)17-20-9-12(10-21-17)15-3-2-13(18)8-16(15)19/h2-3,8-10,14H,4-7H2,1H3. The van der Waals surface area contributed by atoms with E-state index >= 15 is 0 Å². The van der Waals surface area contributed by atoms with Crippen LogP contribution in [0.25, 0.3) is 11.1 Å². The average Bonchev–Trinajstić information content (AvgIpc) is 2.55. The maximum Gasteiger partial charge on any atom is 0.302 e. The largest absolute Gasteiger partial charge is 0.462 e. The Bertz CT molecular complexity index is 729. The van der Waals surface area contributed by atoms with E-state index in [1.54, 1.807) is 24.5 Å². The lowest BCUT2D eigenvalue weighted by molar-refractivity contribution is -0.147. The van der Waals surface area contributed by atoms with Crippen LogP contribution in [-0.2, 0) is 9.53 Å². The van der Waals surface area contributed by atoms with Gasteiger partial charge in [0, 0.05) is 66.4 Å². The normalized spacial score (nSPS) is 15.4. The molecule has 1 aromatic carbocycles. The van der Waals surface area contributed by atoms with E-state index in [0.717, 1.165) is 37.1 Å². The summed E-state index contributed by atoms with van der Waals surface area (Å²) in [5.74, 6) is 0.444. The quantitative estimate of drug-likeness (QED) is 0.769. The molecule has 0 unspecified atom stereocenters. The Balaban J connectivity index is 1.68. The number of hydrogen-bond acceptors (Lipinski definition) is 5. The van der Waals surface area contributed by atoms with Crippen molar-refractivity contribution >= 4 is 35.1 Å². The number of carbonyl (C=O) groups is 1. The van der Waals surface area contributed by atoms with Gasteiger partial charge in [-0.2, -0.15) is 0 Å². The van der Waals surface area contributed by atoms with E-state index in [-0.39, 0.29) is 12.1 Å². The molecule has 24 heavy (non-hydrogen) atoms. The van der Waals surface area contributed by atoms with Gasteiger partial charge in [-0.25, -0.2) is 9.97 Å². The van der Waals surface area contributed by atoms with Gasteiger partial charge in [-0.1, -0.05) is 29.3 Å². The third kappa shape index (κ3) is 3.97. The third-order valence-corrected chi connectivity index (χ3v) is 4.49. The highest BCUT2D eigenvalue weighted by molar-refractivity contribution is 6.36. The number of anilines is 1. The minimum absolute atomic E-state index is 0.00843. The Labute approximate surface area is 150 Å². The number of rotatable bonds is 3. The van der Waals surface area contributed by atoms with E-state index in [1.165, 1.54) is 6.92 Å². The zero-order valence-electron chi connectivity index (χ0n) is 13.2. The highest BCUT2D eigenvalue weighted by Crippen LogP contribution is 2.30. The van der Waals surface area contributed by atoms with Gasteiger partial charge in [0.1, 0.15) is 6.10 Å². The van der Waals surface area contributed by atoms with E-state index in [0.29, 0.717) is 16.0 Å². The fourth-order valence-electron chi connectivity index (χ4n) is 2.76. The number of piperidine rings is 1. The van der Waals surface area contributed by atoms with Crippen LogP contribution in [0.4, 0.5) is 5.95 Å². The Hall–Kier alpha value is -1.85. The summed E-state index contributed by atoms with van der Waals surface area (Å²) < 4.78 is 5.24. The second kappa shape index (κ2) is 7.36. The molecule has 0 atom stereocenters. The molecule has 0 N–H and O–H groups in total. The molecule has 0 radical (unpaired) electrons. The highest BCUT2D eigenvalue weighted by atomic mass is 35.5. The fourth-order valence-corrected chi connectivity index (χ4v) is 3.27. The van der Waals surface area contributed by atoms with Gasteiger partial charge in [0.2, 0.25) is 5.95 Å². The third-order valence-electron chi connectivity index (χ3n) is 3.94. The summed E-state index contributed by atoms with van der Waals surface area (Å²) in [6, 6.07) is 5.34. The van der Waals surface area contributed by atoms with Crippen molar-refractivity contribution in [2.24, 2.45) is 0 Å². The van der Waals surface area contributed by atoms with Crippen molar-refractivity contribution in [3.8, 4) is 11.1 Å². The molecule has 0 spiro atoms. The molecule has 0 amide bonds. The van der Waals surface area contributed by atoms with Crippen LogP contribution in [-0.4, -0.2) is 35.1 Å². The molecule has 1 fully saturated rings. The fraction of sp³-hybridized carbons (Fsp3) is 0.353. The van der Waals surface area contributed by atoms with Gasteiger partial charge in [-0.05, 0) is 12.1 Å². The van der Waals surface area contributed by atoms with E-state index in [2.05, 4.69) is 14.9 Å². The van der Waals surface area contributed by atoms with Crippen molar-refractivity contribution in [3.05, 3.63) is 40.6 Å². The van der Waals surface area contributed by atoms with Crippen molar-refractivity contribution in [3.63, 3.8) is 0 Å². The molecule has 0 aliphatic carbocycles. The van der Waals surface area contributed by atoms with Crippen LogP contribution in [0.5, 0.6) is 0 Å². The first kappa shape index (κ1) is 17.0. The minimum Gasteiger partial charge on any atom is -0.462 e. The van der Waals surface area contributed by atoms with Crippen molar-refractivity contribution in [1.29, 1.82) is 0 Å². The maximum absolute atomic E-state index is 11.0. The SMILES string of the molecule is CC(=O)OC1CCN(c2ncc(-c3ccc(Cl)cc3Cl)cn2)CC1. The van der Waals surface area contributed by atoms with E-state index in [1.807, 2.05) is 6.07 Å². The molecular weight excluding hydrogens is 349 g/mol. The zero-order valence-corrected chi connectivity index (χ0v) is 14.7. The summed E-state index contributed by atoms with van der Waals surface area (Å²) in [6.45, 7) is 2.97. The minimum atomic E-state index is -0.228. The van der Waals surface area contributed by atoms with Crippen molar-refractivity contribution in [2.75, 3.05) is 18.0 Å². The first-order valence-electron chi connectivity index (χ1n) is 7.72. The van der Waals surface area contributed by atoms with Gasteiger partial charge in [0.25, 0.3) is 0 Å². The lowest BCUT2D eigenvalue weighted by atomic mass is 10.1. The molecule has 2 aromatic rings. The molecule has 1 aromatic heterocycles. The number of halogens is 2. The highest BCUT2D eigenvalue weighted by Gasteiger charge is 2.22. The van der Waals surface area contributed by atoms with Crippen molar-refractivity contribution < 1.29 is 9.53 Å². The maximum atomic E-state index is 11.0. The molecule has 7 heteroatoms. The molecule has 1 aliphatic rings. The van der Waals surface area contributed by atoms with Gasteiger partial charge < -0.3 is 9.64 Å². The molecule has 3 rings (SSSR count). The van der Waals surface area contributed by atoms with E-state index in [9.17, 15) is 4.79 Å². The summed E-state index contributed by atoms with van der Waals surface area (Å²) in [6.07, 6.45) is 5.08. The monoisotopic (exact) mass is 365 g/mol. The molecule has 126 valence electrons. The summed E-state index contributed by atoms with van der Waals surface area (Å²) in [5, 5.41) is 1.16. The van der Waals surface area contributed by atoms with E-state index in [4.69, 9.17) is 27.9 Å². The van der Waals surface area contributed by atoms with E-state index < -0.39 is 0 Å². The van der Waals surface area contributed by atoms with Gasteiger partial charge in [0.05, 0.1) is 0 Å². The molecule has 2 heterocycles. The number of hydrogen-bond donors (Lipinski definition) is 0. The summed E-state index contributed by atoms with van der Waals surface area (Å²) >= 11 is 12.1. The van der Waals surface area contributed by atoms with Gasteiger partial charge in [-0.15, -0.1) is 0 Å². The second-order valence-electron chi connectivity index (χ2n) is 5.69. The van der Waals surface area contributed by atoms with Crippen LogP contribution in [0, 0.1) is 0 Å². The molecule has 0 saturated carbocycles. The summed E-state index contributed by atoms with van der Waals surface area (Å²) in [5.41, 5.74) is 1.69. The molecule has 1 aliphatic heterocycles. The molecule has 0 bridgehead atoms. The average molecular weight is 366 g/mol. The zero-order chi connectivity index (χ0) is 17.1. The predicted molar refractivity (Wildman–Crippen MR) is 94.5 cm³/mol. The first-order chi connectivity index (χ1) is 11.5. The predicted octanol–water partition coefficient (Wildman–Crippen LogP) is 3.98. The van der Waals surface area contributed by atoms with Crippen molar-refractivity contribution in [2.45, 2.75) is 25.9 Å². The van der Waals surface area contributed by atoms with Crippen LogP contribution in [0.15, 0.2) is 30.6 Å². The number of carbonyl (C=O) groups excluding carboxylic acids is 1. The van der Waals surface area contributed by atoms with Crippen LogP contribution in [0.2, 0.25) is 10.0 Å². The Morgan fingerprint density at radius 2 is 1.88 bits per heavy atom. The second-order valence-corrected chi connectivity index (χ2v) is 6.54. The molecule has 5 nitrogen and oxygen atoms in total. The number of nitrogens with zero attached hydrogens (tertiary/aromatic N) is 3. The topological polar surface area (TPSA) is 55.3 Å². The number of esters is 1. The summed E-state index contributed by atoms with van der Waals surface area (Å²) in [4.78, 5) is 22.0. The Kier molecular flexibility index (Phi) is 5.21. The van der Waals surface area contributed by atoms with Crippen molar-refractivity contribution in [1.82, 2.24) is 9.97 Å². The van der Waals surface area contributed by atoms with Crippen LogP contribution in [0.3, 0.4) is 0 Å². The molecule has 1 saturated heterocycles. The smallest absolute Gasteiger partial charge is 0.302 e. The van der Waals surface area contributed by atoms with Crippen LogP contribution < -0.4 is 4.90 Å². The lowest BCUT2D eigenvalue weighted by Crippen LogP contribution is -2.38. The Morgan fingerprint density at radius 3 is 2.46 bits per heavy atom. The number of ether oxygens (including phenoxy) is 1. The summed E-state index contributed by atoms with van der Waals surface area (Å²) in [7, 11) is 0. The van der Waals surface area contributed by atoms with Crippen LogP contribution >= 0.6 is 23.2 Å². The number of benzene rings is 1. The van der Waals surface area contributed by atoms with Crippen LogP contribution in [0.1, 0.15) is 19.8 Å². The lowest BCUT2D eigenvalue weighted by Gasteiger charge is -2.31. The van der Waals surface area contributed by atoms with Gasteiger partial charge in [-0.3, -0.25) is 4.79 Å². The molecular formula is C17H17Cl2N3O2. The number of aromatic nitrogens is 2.